The summed E-state index contributed by atoms with van der Waals surface area (Å²) >= 11 is 0. The molecular formula is C11H14N2O2. The Hall–Kier alpha value is -1.42. The first-order chi connectivity index (χ1) is 7.33. The van der Waals surface area contributed by atoms with Gasteiger partial charge in [-0.15, -0.1) is 0 Å². The Morgan fingerprint density at radius 2 is 2.47 bits per heavy atom. The summed E-state index contributed by atoms with van der Waals surface area (Å²) in [4.78, 5) is 17.7. The van der Waals surface area contributed by atoms with Crippen molar-refractivity contribution in [1.29, 1.82) is 0 Å². The van der Waals surface area contributed by atoms with E-state index in [2.05, 4.69) is 4.98 Å². The van der Waals surface area contributed by atoms with Gasteiger partial charge in [0.1, 0.15) is 5.69 Å². The van der Waals surface area contributed by atoms with Crippen molar-refractivity contribution in [3.8, 4) is 0 Å². The average Bonchev–Trinajstić information content (AvgIpc) is 2.77. The van der Waals surface area contributed by atoms with E-state index in [0.717, 1.165) is 19.4 Å². The first-order valence-electron chi connectivity index (χ1n) is 5.16. The van der Waals surface area contributed by atoms with Gasteiger partial charge >= 0.3 is 0 Å². The molecule has 4 nitrogen and oxygen atoms in total. The summed E-state index contributed by atoms with van der Waals surface area (Å²) in [5.74, 6) is -0.0767. The fraction of sp³-hybridized carbons (Fsp3) is 0.455. The molecule has 0 saturated carbocycles. The molecule has 15 heavy (non-hydrogen) atoms. The van der Waals surface area contributed by atoms with Crippen molar-refractivity contribution in [3.05, 3.63) is 30.1 Å². The van der Waals surface area contributed by atoms with Gasteiger partial charge in [0.05, 0.1) is 12.6 Å². The molecule has 2 rings (SSSR count). The van der Waals surface area contributed by atoms with E-state index in [-0.39, 0.29) is 18.6 Å². The molecular weight excluding hydrogens is 192 g/mol. The lowest BCUT2D eigenvalue weighted by molar-refractivity contribution is 0.0672. The van der Waals surface area contributed by atoms with Crippen LogP contribution in [-0.4, -0.2) is 40.1 Å². The minimum absolute atomic E-state index is 0.0282. The molecule has 1 aliphatic rings. The lowest BCUT2D eigenvalue weighted by Gasteiger charge is -2.22. The van der Waals surface area contributed by atoms with Crippen LogP contribution in [0.5, 0.6) is 0 Å². The van der Waals surface area contributed by atoms with Gasteiger partial charge in [-0.05, 0) is 25.0 Å². The third kappa shape index (κ3) is 1.99. The lowest BCUT2D eigenvalue weighted by Crippen LogP contribution is -2.37. The van der Waals surface area contributed by atoms with Gasteiger partial charge in [0.2, 0.25) is 0 Å². The molecule has 1 aromatic heterocycles. The van der Waals surface area contributed by atoms with Gasteiger partial charge in [-0.2, -0.15) is 0 Å². The Bertz CT molecular complexity index is 340. The van der Waals surface area contributed by atoms with Gasteiger partial charge in [0, 0.05) is 12.7 Å². The Morgan fingerprint density at radius 1 is 1.60 bits per heavy atom. The maximum absolute atomic E-state index is 12.0. The maximum atomic E-state index is 12.0. The summed E-state index contributed by atoms with van der Waals surface area (Å²) in [6.45, 7) is 0.763. The van der Waals surface area contributed by atoms with Crippen LogP contribution in [0.25, 0.3) is 0 Å². The molecule has 0 aromatic carbocycles. The summed E-state index contributed by atoms with van der Waals surface area (Å²) < 4.78 is 0. The fourth-order valence-corrected chi connectivity index (χ4v) is 1.93. The van der Waals surface area contributed by atoms with Crippen LogP contribution < -0.4 is 0 Å². The van der Waals surface area contributed by atoms with E-state index < -0.39 is 0 Å². The molecule has 1 atom stereocenters. The highest BCUT2D eigenvalue weighted by atomic mass is 16.3. The molecule has 0 radical (unpaired) electrons. The van der Waals surface area contributed by atoms with Gasteiger partial charge < -0.3 is 10.0 Å². The van der Waals surface area contributed by atoms with Crippen molar-refractivity contribution in [1.82, 2.24) is 9.88 Å². The van der Waals surface area contributed by atoms with Gasteiger partial charge in [0.15, 0.2) is 0 Å². The predicted octanol–water partition coefficient (Wildman–Crippen LogP) is 0.678. The second kappa shape index (κ2) is 4.40. The van der Waals surface area contributed by atoms with Gasteiger partial charge in [-0.1, -0.05) is 6.07 Å². The highest BCUT2D eigenvalue weighted by Crippen LogP contribution is 2.18. The van der Waals surface area contributed by atoms with Crippen LogP contribution in [0.4, 0.5) is 0 Å². The predicted molar refractivity (Wildman–Crippen MR) is 55.4 cm³/mol. The molecule has 1 N–H and O–H groups in total. The first-order valence-corrected chi connectivity index (χ1v) is 5.16. The number of carbonyl (C=O) groups excluding carboxylic acids is 1. The number of pyridine rings is 1. The normalized spacial score (nSPS) is 20.6. The zero-order chi connectivity index (χ0) is 10.7. The van der Waals surface area contributed by atoms with Crippen LogP contribution in [0.2, 0.25) is 0 Å². The van der Waals surface area contributed by atoms with E-state index in [1.54, 1.807) is 29.3 Å². The van der Waals surface area contributed by atoms with E-state index in [4.69, 9.17) is 5.11 Å². The molecule has 0 aliphatic carbocycles. The van der Waals surface area contributed by atoms with Crippen LogP contribution in [0.1, 0.15) is 23.3 Å². The number of likely N-dealkylation sites (tertiary alicyclic amines) is 1. The average molecular weight is 206 g/mol. The maximum Gasteiger partial charge on any atom is 0.272 e. The van der Waals surface area contributed by atoms with Crippen LogP contribution >= 0.6 is 0 Å². The summed E-state index contributed by atoms with van der Waals surface area (Å²) in [6, 6.07) is 5.25. The summed E-state index contributed by atoms with van der Waals surface area (Å²) in [5, 5.41) is 9.12. The van der Waals surface area contributed by atoms with Crippen molar-refractivity contribution in [2.75, 3.05) is 13.2 Å². The number of amides is 1. The fourth-order valence-electron chi connectivity index (χ4n) is 1.93. The van der Waals surface area contributed by atoms with Crippen LogP contribution in [0.3, 0.4) is 0 Å². The van der Waals surface area contributed by atoms with Crippen molar-refractivity contribution in [2.45, 2.75) is 18.9 Å². The number of hydrogen-bond donors (Lipinski definition) is 1. The van der Waals surface area contributed by atoms with Crippen molar-refractivity contribution in [3.63, 3.8) is 0 Å². The van der Waals surface area contributed by atoms with E-state index >= 15 is 0 Å². The van der Waals surface area contributed by atoms with Gasteiger partial charge in [-0.3, -0.25) is 9.78 Å². The highest BCUT2D eigenvalue weighted by Gasteiger charge is 2.29. The third-order valence-electron chi connectivity index (χ3n) is 2.73. The van der Waals surface area contributed by atoms with Crippen molar-refractivity contribution in [2.24, 2.45) is 0 Å². The second-order valence-corrected chi connectivity index (χ2v) is 3.69. The number of carbonyl (C=O) groups is 1. The molecule has 1 aliphatic heterocycles. The lowest BCUT2D eigenvalue weighted by atomic mass is 10.2. The molecule has 4 heteroatoms. The van der Waals surface area contributed by atoms with Crippen molar-refractivity contribution < 1.29 is 9.90 Å². The molecule has 1 aromatic rings. The number of aliphatic hydroxyl groups is 1. The Balaban J connectivity index is 2.14. The smallest absolute Gasteiger partial charge is 0.272 e. The third-order valence-corrected chi connectivity index (χ3v) is 2.73. The highest BCUT2D eigenvalue weighted by molar-refractivity contribution is 5.92. The number of aliphatic hydroxyl groups excluding tert-OH is 1. The molecule has 1 fully saturated rings. The number of hydrogen-bond acceptors (Lipinski definition) is 3. The molecule has 0 spiro atoms. The zero-order valence-electron chi connectivity index (χ0n) is 8.47. The van der Waals surface area contributed by atoms with Crippen LogP contribution in [-0.2, 0) is 0 Å². The molecule has 80 valence electrons. The van der Waals surface area contributed by atoms with E-state index in [9.17, 15) is 4.79 Å². The van der Waals surface area contributed by atoms with E-state index in [1.807, 2.05) is 0 Å². The van der Waals surface area contributed by atoms with E-state index in [0.29, 0.717) is 5.69 Å². The van der Waals surface area contributed by atoms with Crippen LogP contribution in [0.15, 0.2) is 24.4 Å². The SMILES string of the molecule is O=C(c1ccccn1)N1CCC[C@H]1CO. The molecule has 0 unspecified atom stereocenters. The number of nitrogens with zero attached hydrogens (tertiary/aromatic N) is 2. The summed E-state index contributed by atoms with van der Waals surface area (Å²) in [7, 11) is 0. The minimum atomic E-state index is -0.0767. The van der Waals surface area contributed by atoms with Crippen LogP contribution in [0, 0.1) is 0 Å². The monoisotopic (exact) mass is 206 g/mol. The quantitative estimate of drug-likeness (QED) is 0.774. The topological polar surface area (TPSA) is 53.4 Å². The molecule has 1 saturated heterocycles. The number of rotatable bonds is 2. The summed E-state index contributed by atoms with van der Waals surface area (Å²) in [6.07, 6.45) is 3.45. The van der Waals surface area contributed by atoms with Gasteiger partial charge in [-0.25, -0.2) is 0 Å². The molecule has 1 amide bonds. The zero-order valence-corrected chi connectivity index (χ0v) is 8.47. The summed E-state index contributed by atoms with van der Waals surface area (Å²) in [5.41, 5.74) is 0.456. The first kappa shape index (κ1) is 10.1. The minimum Gasteiger partial charge on any atom is -0.394 e. The standard InChI is InChI=1S/C11H14N2O2/c14-8-9-4-3-7-13(9)11(15)10-5-1-2-6-12-10/h1-2,5-6,9,14H,3-4,7-8H2/t9-/m0/s1. The Kier molecular flexibility index (Phi) is 2.97. The second-order valence-electron chi connectivity index (χ2n) is 3.69. The largest absolute Gasteiger partial charge is 0.394 e. The number of aromatic nitrogens is 1. The van der Waals surface area contributed by atoms with Gasteiger partial charge in [0.25, 0.3) is 5.91 Å². The Morgan fingerprint density at radius 3 is 3.13 bits per heavy atom. The molecule has 0 bridgehead atoms. The Labute approximate surface area is 88.6 Å². The van der Waals surface area contributed by atoms with E-state index in [1.165, 1.54) is 0 Å². The van der Waals surface area contributed by atoms with Crippen molar-refractivity contribution >= 4 is 5.91 Å². The molecule has 2 heterocycles.